The third-order valence-electron chi connectivity index (χ3n) is 2.77. The zero-order chi connectivity index (χ0) is 12.3. The summed E-state index contributed by atoms with van der Waals surface area (Å²) in [4.78, 5) is 21.8. The van der Waals surface area contributed by atoms with Gasteiger partial charge in [0.15, 0.2) is 0 Å². The van der Waals surface area contributed by atoms with Crippen LogP contribution in [0.2, 0.25) is 0 Å². The molecule has 1 rings (SSSR count). The standard InChI is InChI=1S/C9H13F3N2O2/c10-9(11,12)6-4-2-1-3-5(6)7(15)14-8(13)16/h5-6H,1-4H2,(H3,13,14,15,16). The van der Waals surface area contributed by atoms with E-state index in [4.69, 9.17) is 5.73 Å². The number of hydrogen-bond acceptors (Lipinski definition) is 2. The number of imide groups is 1. The summed E-state index contributed by atoms with van der Waals surface area (Å²) in [5, 5.41) is 1.71. The molecule has 0 aliphatic heterocycles. The van der Waals surface area contributed by atoms with Crippen LogP contribution in [0.1, 0.15) is 25.7 Å². The molecule has 4 nitrogen and oxygen atoms in total. The normalized spacial score (nSPS) is 26.2. The number of amides is 3. The van der Waals surface area contributed by atoms with Crippen molar-refractivity contribution in [2.75, 3.05) is 0 Å². The van der Waals surface area contributed by atoms with Gasteiger partial charge in [0.05, 0.1) is 5.92 Å². The van der Waals surface area contributed by atoms with Crippen molar-refractivity contribution >= 4 is 11.9 Å². The molecule has 92 valence electrons. The molecular formula is C9H13F3N2O2. The molecule has 0 spiro atoms. The zero-order valence-electron chi connectivity index (χ0n) is 8.51. The molecule has 1 aliphatic carbocycles. The number of carbonyl (C=O) groups excluding carboxylic acids is 2. The van der Waals surface area contributed by atoms with Crippen molar-refractivity contribution in [1.29, 1.82) is 0 Å². The van der Waals surface area contributed by atoms with Crippen LogP contribution in [0.3, 0.4) is 0 Å². The average Bonchev–Trinajstić information content (AvgIpc) is 2.15. The molecule has 0 heterocycles. The fourth-order valence-electron chi connectivity index (χ4n) is 2.05. The zero-order valence-corrected chi connectivity index (χ0v) is 8.51. The highest BCUT2D eigenvalue weighted by Crippen LogP contribution is 2.41. The highest BCUT2D eigenvalue weighted by Gasteiger charge is 2.48. The first-order chi connectivity index (χ1) is 7.32. The molecule has 0 aromatic carbocycles. The van der Waals surface area contributed by atoms with E-state index in [9.17, 15) is 22.8 Å². The van der Waals surface area contributed by atoms with Crippen LogP contribution in [0.5, 0.6) is 0 Å². The highest BCUT2D eigenvalue weighted by atomic mass is 19.4. The Labute approximate surface area is 90.4 Å². The van der Waals surface area contributed by atoms with Gasteiger partial charge >= 0.3 is 12.2 Å². The lowest BCUT2D eigenvalue weighted by atomic mass is 9.78. The van der Waals surface area contributed by atoms with Gasteiger partial charge in [0, 0.05) is 5.92 Å². The van der Waals surface area contributed by atoms with Crippen LogP contribution in [0.25, 0.3) is 0 Å². The number of rotatable bonds is 1. The van der Waals surface area contributed by atoms with E-state index in [2.05, 4.69) is 0 Å². The monoisotopic (exact) mass is 238 g/mol. The maximum Gasteiger partial charge on any atom is 0.392 e. The molecule has 0 radical (unpaired) electrons. The largest absolute Gasteiger partial charge is 0.392 e. The summed E-state index contributed by atoms with van der Waals surface area (Å²) in [6, 6.07) is -1.11. The van der Waals surface area contributed by atoms with Crippen molar-refractivity contribution in [2.24, 2.45) is 17.6 Å². The van der Waals surface area contributed by atoms with Gasteiger partial charge in [0.1, 0.15) is 0 Å². The molecule has 3 N–H and O–H groups in total. The van der Waals surface area contributed by atoms with Gasteiger partial charge in [-0.05, 0) is 12.8 Å². The van der Waals surface area contributed by atoms with Crippen molar-refractivity contribution in [3.05, 3.63) is 0 Å². The van der Waals surface area contributed by atoms with Gasteiger partial charge < -0.3 is 5.73 Å². The van der Waals surface area contributed by atoms with Gasteiger partial charge in [-0.1, -0.05) is 12.8 Å². The Kier molecular flexibility index (Phi) is 3.77. The van der Waals surface area contributed by atoms with E-state index in [0.717, 1.165) is 0 Å². The van der Waals surface area contributed by atoms with Crippen molar-refractivity contribution in [3.63, 3.8) is 0 Å². The van der Waals surface area contributed by atoms with Crippen LogP contribution in [0, 0.1) is 11.8 Å². The minimum Gasteiger partial charge on any atom is -0.351 e. The Hall–Kier alpha value is -1.27. The second-order valence-electron chi connectivity index (χ2n) is 3.89. The van der Waals surface area contributed by atoms with E-state index >= 15 is 0 Å². The lowest BCUT2D eigenvalue weighted by Gasteiger charge is -2.31. The van der Waals surface area contributed by atoms with Crippen LogP contribution in [0.4, 0.5) is 18.0 Å². The van der Waals surface area contributed by atoms with Gasteiger partial charge in [-0.15, -0.1) is 0 Å². The summed E-state index contributed by atoms with van der Waals surface area (Å²) in [6.45, 7) is 0. The van der Waals surface area contributed by atoms with Crippen molar-refractivity contribution in [2.45, 2.75) is 31.9 Å². The Bertz CT molecular complexity index is 291. The average molecular weight is 238 g/mol. The van der Waals surface area contributed by atoms with Crippen molar-refractivity contribution < 1.29 is 22.8 Å². The fourth-order valence-corrected chi connectivity index (χ4v) is 2.05. The highest BCUT2D eigenvalue weighted by molar-refractivity contribution is 5.94. The number of nitrogens with one attached hydrogen (secondary N) is 1. The maximum atomic E-state index is 12.6. The topological polar surface area (TPSA) is 72.2 Å². The van der Waals surface area contributed by atoms with Gasteiger partial charge in [-0.3, -0.25) is 10.1 Å². The number of carbonyl (C=O) groups is 2. The second kappa shape index (κ2) is 4.71. The van der Waals surface area contributed by atoms with E-state index in [1.54, 1.807) is 5.32 Å². The van der Waals surface area contributed by atoms with Crippen LogP contribution < -0.4 is 11.1 Å². The Morgan fingerprint density at radius 1 is 1.19 bits per heavy atom. The van der Waals surface area contributed by atoms with Crippen molar-refractivity contribution in [1.82, 2.24) is 5.32 Å². The molecular weight excluding hydrogens is 225 g/mol. The van der Waals surface area contributed by atoms with E-state index < -0.39 is 30.0 Å². The molecule has 0 aromatic rings. The molecule has 1 saturated carbocycles. The Balaban J connectivity index is 2.74. The van der Waals surface area contributed by atoms with E-state index in [-0.39, 0.29) is 12.8 Å². The summed E-state index contributed by atoms with van der Waals surface area (Å²) >= 11 is 0. The minimum atomic E-state index is -4.40. The third-order valence-corrected chi connectivity index (χ3v) is 2.77. The van der Waals surface area contributed by atoms with Gasteiger partial charge in [-0.2, -0.15) is 13.2 Å². The molecule has 3 amide bonds. The molecule has 2 unspecified atom stereocenters. The van der Waals surface area contributed by atoms with Crippen LogP contribution >= 0.6 is 0 Å². The number of nitrogens with two attached hydrogens (primary N) is 1. The van der Waals surface area contributed by atoms with Gasteiger partial charge in [-0.25, -0.2) is 4.79 Å². The third kappa shape index (κ3) is 3.11. The first-order valence-electron chi connectivity index (χ1n) is 4.99. The van der Waals surface area contributed by atoms with Crippen molar-refractivity contribution in [3.8, 4) is 0 Å². The molecule has 7 heteroatoms. The molecule has 0 aromatic heterocycles. The lowest BCUT2D eigenvalue weighted by molar-refractivity contribution is -0.198. The Morgan fingerprint density at radius 3 is 2.25 bits per heavy atom. The first-order valence-corrected chi connectivity index (χ1v) is 4.99. The van der Waals surface area contributed by atoms with E-state index in [1.807, 2.05) is 0 Å². The molecule has 0 saturated heterocycles. The quantitative estimate of drug-likeness (QED) is 0.727. The predicted molar refractivity (Wildman–Crippen MR) is 49.2 cm³/mol. The van der Waals surface area contributed by atoms with E-state index in [1.165, 1.54) is 0 Å². The number of halogens is 3. The number of urea groups is 1. The van der Waals surface area contributed by atoms with Gasteiger partial charge in [0.25, 0.3) is 0 Å². The summed E-state index contributed by atoms with van der Waals surface area (Å²) in [5.41, 5.74) is 4.70. The molecule has 0 bridgehead atoms. The SMILES string of the molecule is NC(=O)NC(=O)C1CCCCC1C(F)(F)F. The summed E-state index contributed by atoms with van der Waals surface area (Å²) in [5.74, 6) is -3.78. The first kappa shape index (κ1) is 12.8. The van der Waals surface area contributed by atoms with Crippen LogP contribution in [-0.2, 0) is 4.79 Å². The predicted octanol–water partition coefficient (Wildman–Crippen LogP) is 1.55. The molecule has 2 atom stereocenters. The van der Waals surface area contributed by atoms with E-state index in [0.29, 0.717) is 12.8 Å². The van der Waals surface area contributed by atoms with Crippen LogP contribution in [-0.4, -0.2) is 18.1 Å². The molecule has 16 heavy (non-hydrogen) atoms. The summed E-state index contributed by atoms with van der Waals surface area (Å²) in [6.07, 6.45) is -3.32. The smallest absolute Gasteiger partial charge is 0.351 e. The molecule has 1 aliphatic rings. The van der Waals surface area contributed by atoms with Crippen LogP contribution in [0.15, 0.2) is 0 Å². The Morgan fingerprint density at radius 2 is 1.75 bits per heavy atom. The fraction of sp³-hybridized carbons (Fsp3) is 0.778. The second-order valence-corrected chi connectivity index (χ2v) is 3.89. The number of primary amides is 1. The number of hydrogen-bond donors (Lipinski definition) is 2. The number of alkyl halides is 3. The maximum absolute atomic E-state index is 12.6. The van der Waals surface area contributed by atoms with Gasteiger partial charge in [0.2, 0.25) is 5.91 Å². The lowest BCUT2D eigenvalue weighted by Crippen LogP contribution is -2.45. The summed E-state index contributed by atoms with van der Waals surface area (Å²) in [7, 11) is 0. The summed E-state index contributed by atoms with van der Waals surface area (Å²) < 4.78 is 37.8. The molecule has 1 fully saturated rings. The minimum absolute atomic E-state index is 0.0691.